The van der Waals surface area contributed by atoms with E-state index in [0.717, 1.165) is 13.0 Å². The molecule has 0 saturated heterocycles. The summed E-state index contributed by atoms with van der Waals surface area (Å²) in [5.41, 5.74) is 1.18. The molecule has 0 unspecified atom stereocenters. The molecular formula is C8H15ClO. The second-order valence-electron chi connectivity index (χ2n) is 2.26. The molecule has 0 fully saturated rings. The zero-order chi connectivity index (χ0) is 7.82. The number of hydrogen-bond donors (Lipinski definition) is 0. The Kier molecular flexibility index (Phi) is 7.09. The van der Waals surface area contributed by atoms with Crippen molar-refractivity contribution >= 4 is 11.6 Å². The standard InChI is InChI=1S/C8H15ClO/c1-3-5-10-6-4-8(2)7-9/h4H,3,5-7H2,1-2H3/b8-4-. The molecule has 0 aromatic carbocycles. The van der Waals surface area contributed by atoms with Crippen molar-refractivity contribution < 1.29 is 4.74 Å². The zero-order valence-corrected chi connectivity index (χ0v) is 7.45. The molecule has 0 aliphatic rings. The first-order chi connectivity index (χ1) is 4.81. The van der Waals surface area contributed by atoms with E-state index in [1.54, 1.807) is 0 Å². The van der Waals surface area contributed by atoms with Crippen molar-refractivity contribution in [3.8, 4) is 0 Å². The smallest absolute Gasteiger partial charge is 0.0650 e. The van der Waals surface area contributed by atoms with E-state index in [0.29, 0.717) is 12.5 Å². The van der Waals surface area contributed by atoms with Crippen LogP contribution >= 0.6 is 11.6 Å². The minimum Gasteiger partial charge on any atom is -0.377 e. The fraction of sp³-hybridized carbons (Fsp3) is 0.750. The Labute approximate surface area is 68.0 Å². The van der Waals surface area contributed by atoms with Crippen molar-refractivity contribution in [1.29, 1.82) is 0 Å². The normalized spacial score (nSPS) is 12.1. The van der Waals surface area contributed by atoms with Gasteiger partial charge in [0.25, 0.3) is 0 Å². The van der Waals surface area contributed by atoms with Gasteiger partial charge in [-0.2, -0.15) is 0 Å². The van der Waals surface area contributed by atoms with Crippen LogP contribution in [0, 0.1) is 0 Å². The second-order valence-corrected chi connectivity index (χ2v) is 2.53. The zero-order valence-electron chi connectivity index (χ0n) is 6.69. The average molecular weight is 163 g/mol. The van der Waals surface area contributed by atoms with Gasteiger partial charge in [0, 0.05) is 12.5 Å². The van der Waals surface area contributed by atoms with Gasteiger partial charge in [-0.3, -0.25) is 0 Å². The maximum absolute atomic E-state index is 5.54. The van der Waals surface area contributed by atoms with Crippen molar-refractivity contribution in [3.05, 3.63) is 11.6 Å². The number of ether oxygens (including phenoxy) is 1. The SMILES string of the molecule is CCCOC/C=C(/C)CCl. The molecule has 0 heterocycles. The van der Waals surface area contributed by atoms with E-state index in [9.17, 15) is 0 Å². The van der Waals surface area contributed by atoms with Crippen LogP contribution in [0.2, 0.25) is 0 Å². The Bertz CT molecular complexity index is 99.4. The highest BCUT2D eigenvalue weighted by atomic mass is 35.5. The van der Waals surface area contributed by atoms with Gasteiger partial charge >= 0.3 is 0 Å². The molecule has 0 atom stereocenters. The Balaban J connectivity index is 3.16. The molecule has 0 N–H and O–H groups in total. The lowest BCUT2D eigenvalue weighted by molar-refractivity contribution is 0.162. The van der Waals surface area contributed by atoms with Crippen LogP contribution in [0.25, 0.3) is 0 Å². The summed E-state index contributed by atoms with van der Waals surface area (Å²) in [6.45, 7) is 5.64. The summed E-state index contributed by atoms with van der Waals surface area (Å²) >= 11 is 5.54. The summed E-state index contributed by atoms with van der Waals surface area (Å²) in [5, 5.41) is 0. The molecule has 2 heteroatoms. The molecule has 0 amide bonds. The van der Waals surface area contributed by atoms with E-state index in [1.807, 2.05) is 13.0 Å². The largest absolute Gasteiger partial charge is 0.377 e. The molecule has 10 heavy (non-hydrogen) atoms. The van der Waals surface area contributed by atoms with Gasteiger partial charge in [-0.05, 0) is 13.3 Å². The molecule has 0 aromatic heterocycles. The van der Waals surface area contributed by atoms with E-state index >= 15 is 0 Å². The van der Waals surface area contributed by atoms with Gasteiger partial charge in [-0.25, -0.2) is 0 Å². The Hall–Kier alpha value is -0.0100. The maximum Gasteiger partial charge on any atom is 0.0650 e. The summed E-state index contributed by atoms with van der Waals surface area (Å²) < 4.78 is 5.22. The van der Waals surface area contributed by atoms with E-state index in [-0.39, 0.29) is 0 Å². The molecule has 0 rings (SSSR count). The third-order valence-corrected chi connectivity index (χ3v) is 1.53. The summed E-state index contributed by atoms with van der Waals surface area (Å²) in [5.74, 6) is 0.607. The molecular weight excluding hydrogens is 148 g/mol. The molecule has 0 spiro atoms. The molecule has 0 bridgehead atoms. The van der Waals surface area contributed by atoms with Crippen molar-refractivity contribution in [2.24, 2.45) is 0 Å². The maximum atomic E-state index is 5.54. The lowest BCUT2D eigenvalue weighted by Crippen LogP contribution is -1.93. The highest BCUT2D eigenvalue weighted by Crippen LogP contribution is 1.94. The Morgan fingerprint density at radius 3 is 2.80 bits per heavy atom. The molecule has 0 aliphatic heterocycles. The van der Waals surface area contributed by atoms with Gasteiger partial charge in [-0.1, -0.05) is 18.6 Å². The first kappa shape index (κ1) is 9.99. The summed E-state index contributed by atoms with van der Waals surface area (Å²) in [6.07, 6.45) is 3.09. The van der Waals surface area contributed by atoms with Crippen LogP contribution in [-0.4, -0.2) is 19.1 Å². The van der Waals surface area contributed by atoms with Gasteiger partial charge in [0.05, 0.1) is 6.61 Å². The van der Waals surface area contributed by atoms with Crippen LogP contribution in [0.4, 0.5) is 0 Å². The third kappa shape index (κ3) is 6.12. The van der Waals surface area contributed by atoms with Crippen molar-refractivity contribution in [2.45, 2.75) is 20.3 Å². The first-order valence-corrected chi connectivity index (χ1v) is 4.14. The Morgan fingerprint density at radius 1 is 1.60 bits per heavy atom. The minimum atomic E-state index is 0.607. The second kappa shape index (κ2) is 7.10. The lowest BCUT2D eigenvalue weighted by atomic mass is 10.3. The average Bonchev–Trinajstić information content (AvgIpc) is 1.98. The number of halogens is 1. The van der Waals surface area contributed by atoms with Gasteiger partial charge in [0.1, 0.15) is 0 Å². The quantitative estimate of drug-likeness (QED) is 0.343. The summed E-state index contributed by atoms with van der Waals surface area (Å²) in [6, 6.07) is 0. The third-order valence-electron chi connectivity index (χ3n) is 1.11. The van der Waals surface area contributed by atoms with Crippen LogP contribution in [0.15, 0.2) is 11.6 Å². The van der Waals surface area contributed by atoms with Gasteiger partial charge in [0.2, 0.25) is 0 Å². The van der Waals surface area contributed by atoms with Crippen LogP contribution in [-0.2, 0) is 4.74 Å². The van der Waals surface area contributed by atoms with Gasteiger partial charge in [0.15, 0.2) is 0 Å². The van der Waals surface area contributed by atoms with Gasteiger partial charge < -0.3 is 4.74 Å². The van der Waals surface area contributed by atoms with Crippen LogP contribution < -0.4 is 0 Å². The molecule has 0 aromatic rings. The molecule has 0 aliphatic carbocycles. The molecule has 1 nitrogen and oxygen atoms in total. The van der Waals surface area contributed by atoms with E-state index < -0.39 is 0 Å². The number of allylic oxidation sites excluding steroid dienone is 1. The molecule has 0 radical (unpaired) electrons. The van der Waals surface area contributed by atoms with Gasteiger partial charge in [-0.15, -0.1) is 11.6 Å². The number of alkyl halides is 1. The summed E-state index contributed by atoms with van der Waals surface area (Å²) in [4.78, 5) is 0. The molecule has 60 valence electrons. The molecule has 0 saturated carbocycles. The van der Waals surface area contributed by atoms with Crippen molar-refractivity contribution in [3.63, 3.8) is 0 Å². The minimum absolute atomic E-state index is 0.607. The van der Waals surface area contributed by atoms with E-state index in [4.69, 9.17) is 16.3 Å². The van der Waals surface area contributed by atoms with Crippen LogP contribution in [0.3, 0.4) is 0 Å². The van der Waals surface area contributed by atoms with Crippen LogP contribution in [0.1, 0.15) is 20.3 Å². The monoisotopic (exact) mass is 162 g/mol. The Morgan fingerprint density at radius 2 is 2.30 bits per heavy atom. The fourth-order valence-corrected chi connectivity index (χ4v) is 0.593. The highest BCUT2D eigenvalue weighted by Gasteiger charge is 1.84. The predicted octanol–water partition coefficient (Wildman–Crippen LogP) is 2.60. The van der Waals surface area contributed by atoms with Crippen molar-refractivity contribution in [1.82, 2.24) is 0 Å². The number of rotatable bonds is 5. The fourth-order valence-electron chi connectivity index (χ4n) is 0.483. The van der Waals surface area contributed by atoms with E-state index in [1.165, 1.54) is 5.57 Å². The lowest BCUT2D eigenvalue weighted by Gasteiger charge is -1.97. The first-order valence-electron chi connectivity index (χ1n) is 3.60. The number of hydrogen-bond acceptors (Lipinski definition) is 1. The topological polar surface area (TPSA) is 9.23 Å². The van der Waals surface area contributed by atoms with E-state index in [2.05, 4.69) is 6.92 Å². The predicted molar refractivity (Wildman–Crippen MR) is 45.6 cm³/mol. The van der Waals surface area contributed by atoms with Crippen molar-refractivity contribution in [2.75, 3.05) is 19.1 Å². The highest BCUT2D eigenvalue weighted by molar-refractivity contribution is 6.19. The van der Waals surface area contributed by atoms with Crippen LogP contribution in [0.5, 0.6) is 0 Å². The summed E-state index contributed by atoms with van der Waals surface area (Å²) in [7, 11) is 0.